The molecule has 1 heterocycles. The Morgan fingerprint density at radius 3 is 2.22 bits per heavy atom. The summed E-state index contributed by atoms with van der Waals surface area (Å²) in [6.45, 7) is 4.77. The van der Waals surface area contributed by atoms with E-state index in [1.165, 1.54) is 11.1 Å². The molecule has 1 N–H and O–H groups in total. The van der Waals surface area contributed by atoms with Crippen LogP contribution in [-0.2, 0) is 17.9 Å². The number of ether oxygens (including phenoxy) is 1. The highest BCUT2D eigenvalue weighted by molar-refractivity contribution is 5.16. The van der Waals surface area contributed by atoms with E-state index in [0.717, 1.165) is 13.1 Å². The minimum atomic E-state index is 0.0638. The Morgan fingerprint density at radius 1 is 1.00 bits per heavy atom. The highest BCUT2D eigenvalue weighted by Gasteiger charge is 2.39. The SMILES string of the molecule is C[C@H]1CN(Cc2ccccc2)[C@@H](CO)[C@@H]1OCc1ccccc1. The average molecular weight is 311 g/mol. The van der Waals surface area contributed by atoms with E-state index in [0.29, 0.717) is 12.5 Å². The molecule has 0 bridgehead atoms. The summed E-state index contributed by atoms with van der Waals surface area (Å²) in [4.78, 5) is 2.34. The van der Waals surface area contributed by atoms with Crippen LogP contribution in [0.2, 0.25) is 0 Å². The lowest BCUT2D eigenvalue weighted by Gasteiger charge is -2.27. The van der Waals surface area contributed by atoms with Crippen molar-refractivity contribution in [3.8, 4) is 0 Å². The Bertz CT molecular complexity index is 587. The Balaban J connectivity index is 1.64. The molecule has 1 aliphatic rings. The first-order chi connectivity index (χ1) is 11.3. The van der Waals surface area contributed by atoms with Crippen molar-refractivity contribution in [1.29, 1.82) is 0 Å². The molecule has 0 amide bonds. The molecule has 23 heavy (non-hydrogen) atoms. The number of hydrogen-bond acceptors (Lipinski definition) is 3. The number of aliphatic hydroxyl groups is 1. The molecule has 1 fully saturated rings. The third-order valence-electron chi connectivity index (χ3n) is 4.63. The highest BCUT2D eigenvalue weighted by Crippen LogP contribution is 2.28. The predicted molar refractivity (Wildman–Crippen MR) is 91.9 cm³/mol. The third kappa shape index (κ3) is 3.99. The molecule has 0 saturated carbocycles. The normalized spacial score (nSPS) is 24.9. The van der Waals surface area contributed by atoms with E-state index in [4.69, 9.17) is 4.74 Å². The van der Waals surface area contributed by atoms with E-state index in [-0.39, 0.29) is 18.8 Å². The summed E-state index contributed by atoms with van der Waals surface area (Å²) in [5.74, 6) is 0.416. The second kappa shape index (κ2) is 7.73. The van der Waals surface area contributed by atoms with E-state index < -0.39 is 0 Å². The van der Waals surface area contributed by atoms with Gasteiger partial charge in [0.1, 0.15) is 0 Å². The zero-order chi connectivity index (χ0) is 16.1. The number of rotatable bonds is 6. The van der Waals surface area contributed by atoms with Gasteiger partial charge in [0.05, 0.1) is 25.4 Å². The Hall–Kier alpha value is -1.68. The van der Waals surface area contributed by atoms with Crippen LogP contribution in [0.25, 0.3) is 0 Å². The topological polar surface area (TPSA) is 32.7 Å². The fraction of sp³-hybridized carbons (Fsp3) is 0.400. The third-order valence-corrected chi connectivity index (χ3v) is 4.63. The van der Waals surface area contributed by atoms with Crippen molar-refractivity contribution in [2.75, 3.05) is 13.2 Å². The summed E-state index contributed by atoms with van der Waals surface area (Å²) in [5.41, 5.74) is 2.46. The van der Waals surface area contributed by atoms with Crippen LogP contribution < -0.4 is 0 Å². The van der Waals surface area contributed by atoms with Gasteiger partial charge in [-0.2, -0.15) is 0 Å². The second-order valence-electron chi connectivity index (χ2n) is 6.40. The van der Waals surface area contributed by atoms with E-state index in [2.05, 4.69) is 48.2 Å². The quantitative estimate of drug-likeness (QED) is 0.890. The molecule has 0 spiro atoms. The van der Waals surface area contributed by atoms with Crippen molar-refractivity contribution in [3.63, 3.8) is 0 Å². The summed E-state index contributed by atoms with van der Waals surface area (Å²) in [6.07, 6.45) is 0.0731. The van der Waals surface area contributed by atoms with Crippen molar-refractivity contribution in [2.24, 2.45) is 5.92 Å². The molecule has 3 heteroatoms. The number of nitrogens with zero attached hydrogens (tertiary/aromatic N) is 1. The van der Waals surface area contributed by atoms with Gasteiger partial charge in [-0.3, -0.25) is 4.90 Å². The number of likely N-dealkylation sites (tertiary alicyclic amines) is 1. The van der Waals surface area contributed by atoms with E-state index in [1.54, 1.807) is 0 Å². The van der Waals surface area contributed by atoms with Crippen LogP contribution in [0.3, 0.4) is 0 Å². The number of aliphatic hydroxyl groups excluding tert-OH is 1. The van der Waals surface area contributed by atoms with Crippen LogP contribution in [0.5, 0.6) is 0 Å². The summed E-state index contributed by atoms with van der Waals surface area (Å²) in [5, 5.41) is 9.88. The molecule has 0 aromatic heterocycles. The predicted octanol–water partition coefficient (Wildman–Crippen LogP) is 3.08. The first-order valence-corrected chi connectivity index (χ1v) is 8.32. The van der Waals surface area contributed by atoms with Crippen LogP contribution in [0.4, 0.5) is 0 Å². The lowest BCUT2D eigenvalue weighted by Crippen LogP contribution is -2.39. The van der Waals surface area contributed by atoms with Gasteiger partial charge in [0.25, 0.3) is 0 Å². The van der Waals surface area contributed by atoms with Crippen LogP contribution in [0, 0.1) is 5.92 Å². The van der Waals surface area contributed by atoms with Gasteiger partial charge < -0.3 is 9.84 Å². The number of benzene rings is 2. The zero-order valence-electron chi connectivity index (χ0n) is 13.6. The lowest BCUT2D eigenvalue weighted by atomic mass is 10.0. The molecule has 0 unspecified atom stereocenters. The molecule has 3 nitrogen and oxygen atoms in total. The molecular weight excluding hydrogens is 286 g/mol. The van der Waals surface area contributed by atoms with Crippen molar-refractivity contribution in [1.82, 2.24) is 4.90 Å². The van der Waals surface area contributed by atoms with E-state index in [1.807, 2.05) is 24.3 Å². The maximum atomic E-state index is 9.88. The van der Waals surface area contributed by atoms with Crippen molar-refractivity contribution in [3.05, 3.63) is 71.8 Å². The smallest absolute Gasteiger partial charge is 0.0794 e. The summed E-state index contributed by atoms with van der Waals surface area (Å²) < 4.78 is 6.17. The van der Waals surface area contributed by atoms with Crippen LogP contribution in [0.15, 0.2) is 60.7 Å². The monoisotopic (exact) mass is 311 g/mol. The van der Waals surface area contributed by atoms with Gasteiger partial charge in [0, 0.05) is 13.1 Å². The van der Waals surface area contributed by atoms with Crippen LogP contribution >= 0.6 is 0 Å². The fourth-order valence-electron chi connectivity index (χ4n) is 3.46. The van der Waals surface area contributed by atoms with Gasteiger partial charge in [0.15, 0.2) is 0 Å². The highest BCUT2D eigenvalue weighted by atomic mass is 16.5. The van der Waals surface area contributed by atoms with Crippen molar-refractivity contribution in [2.45, 2.75) is 32.2 Å². The Kier molecular flexibility index (Phi) is 5.44. The lowest BCUT2D eigenvalue weighted by molar-refractivity contribution is -0.0173. The average Bonchev–Trinajstić information content (AvgIpc) is 2.89. The Labute approximate surface area is 138 Å². The molecule has 0 radical (unpaired) electrons. The van der Waals surface area contributed by atoms with E-state index >= 15 is 0 Å². The number of hydrogen-bond donors (Lipinski definition) is 1. The first-order valence-electron chi connectivity index (χ1n) is 8.32. The minimum absolute atomic E-state index is 0.0638. The fourth-order valence-corrected chi connectivity index (χ4v) is 3.46. The van der Waals surface area contributed by atoms with Gasteiger partial charge in [0.2, 0.25) is 0 Å². The Morgan fingerprint density at radius 2 is 1.61 bits per heavy atom. The maximum Gasteiger partial charge on any atom is 0.0794 e. The van der Waals surface area contributed by atoms with Crippen molar-refractivity contribution < 1.29 is 9.84 Å². The first kappa shape index (κ1) is 16.2. The largest absolute Gasteiger partial charge is 0.395 e. The molecule has 0 aliphatic carbocycles. The zero-order valence-corrected chi connectivity index (χ0v) is 13.6. The molecule has 3 rings (SSSR count). The standard InChI is InChI=1S/C20H25NO2/c1-16-12-21(13-17-8-4-2-5-9-17)19(14-22)20(16)23-15-18-10-6-3-7-11-18/h2-11,16,19-20,22H,12-15H2,1H3/t16-,19-,20+/m0/s1. The molecule has 1 aliphatic heterocycles. The summed E-state index contributed by atoms with van der Waals surface area (Å²) in [6, 6.07) is 20.7. The van der Waals surface area contributed by atoms with Gasteiger partial charge in [-0.15, -0.1) is 0 Å². The molecule has 122 valence electrons. The van der Waals surface area contributed by atoms with Gasteiger partial charge in [-0.25, -0.2) is 0 Å². The molecule has 1 saturated heterocycles. The van der Waals surface area contributed by atoms with E-state index in [9.17, 15) is 5.11 Å². The van der Waals surface area contributed by atoms with Crippen LogP contribution in [0.1, 0.15) is 18.1 Å². The second-order valence-corrected chi connectivity index (χ2v) is 6.40. The van der Waals surface area contributed by atoms with Gasteiger partial charge in [-0.1, -0.05) is 67.6 Å². The molecule has 2 aromatic carbocycles. The summed E-state index contributed by atoms with van der Waals surface area (Å²) >= 11 is 0. The molecule has 2 aromatic rings. The van der Waals surface area contributed by atoms with Gasteiger partial charge >= 0.3 is 0 Å². The minimum Gasteiger partial charge on any atom is -0.395 e. The van der Waals surface area contributed by atoms with Crippen molar-refractivity contribution >= 4 is 0 Å². The maximum absolute atomic E-state index is 9.88. The van der Waals surface area contributed by atoms with Crippen LogP contribution in [-0.4, -0.2) is 35.3 Å². The van der Waals surface area contributed by atoms with Gasteiger partial charge in [-0.05, 0) is 17.0 Å². The molecular formula is C20H25NO2. The molecule has 3 atom stereocenters. The summed E-state index contributed by atoms with van der Waals surface area (Å²) in [7, 11) is 0.